The number of hydrogen-bond acceptors (Lipinski definition) is 6. The van der Waals surface area contributed by atoms with Crippen molar-refractivity contribution in [3.8, 4) is 0 Å². The Morgan fingerprint density at radius 3 is 1.46 bits per heavy atom. The summed E-state index contributed by atoms with van der Waals surface area (Å²) in [7, 11) is 0. The van der Waals surface area contributed by atoms with E-state index >= 15 is 0 Å². The molecular weight excluding hydrogens is 348 g/mol. The second-order valence-electron chi connectivity index (χ2n) is 11.1. The van der Waals surface area contributed by atoms with Crippen molar-refractivity contribution in [2.75, 3.05) is 62.2 Å². The largest absolute Gasteiger partial charge is 0.352 e. The lowest BCUT2D eigenvalue weighted by Gasteiger charge is -2.49. The minimum Gasteiger partial charge on any atom is -0.352 e. The van der Waals surface area contributed by atoms with Crippen molar-refractivity contribution < 1.29 is 0 Å². The molecule has 154 valence electrons. The first kappa shape index (κ1) is 18.6. The molecule has 4 aliphatic rings. The van der Waals surface area contributed by atoms with Gasteiger partial charge < -0.3 is 9.80 Å². The molecule has 0 N–H and O–H groups in total. The standard InChI is InChI=1S/C22H36N6/c1-21(2)13-27(14-21)17-5-9-25(11-17)19-20(24-8-7-23-19)26-10-6-18(12-26)28-15-22(3,4)16-28/h7-8,17-18H,5-6,9-16H2,1-4H3. The summed E-state index contributed by atoms with van der Waals surface area (Å²) in [6.07, 6.45) is 6.23. The summed E-state index contributed by atoms with van der Waals surface area (Å²) in [4.78, 5) is 19.9. The Bertz CT molecular complexity index is 654. The van der Waals surface area contributed by atoms with Crippen molar-refractivity contribution in [2.24, 2.45) is 10.8 Å². The zero-order valence-corrected chi connectivity index (χ0v) is 18.1. The van der Waals surface area contributed by atoms with Crippen LogP contribution in [-0.4, -0.2) is 84.2 Å². The van der Waals surface area contributed by atoms with Crippen LogP contribution >= 0.6 is 0 Å². The summed E-state index contributed by atoms with van der Waals surface area (Å²) in [5.74, 6) is 2.21. The predicted molar refractivity (Wildman–Crippen MR) is 114 cm³/mol. The van der Waals surface area contributed by atoms with Crippen molar-refractivity contribution in [1.82, 2.24) is 19.8 Å². The van der Waals surface area contributed by atoms with Crippen LogP contribution in [-0.2, 0) is 0 Å². The number of aromatic nitrogens is 2. The highest BCUT2D eigenvalue weighted by Gasteiger charge is 2.43. The minimum atomic E-state index is 0.501. The molecule has 0 radical (unpaired) electrons. The molecule has 0 saturated carbocycles. The highest BCUT2D eigenvalue weighted by molar-refractivity contribution is 5.63. The maximum Gasteiger partial charge on any atom is 0.172 e. The fourth-order valence-corrected chi connectivity index (χ4v) is 5.86. The first-order chi connectivity index (χ1) is 13.3. The Kier molecular flexibility index (Phi) is 4.36. The van der Waals surface area contributed by atoms with Crippen LogP contribution in [0.5, 0.6) is 0 Å². The quantitative estimate of drug-likeness (QED) is 0.793. The Morgan fingerprint density at radius 2 is 1.11 bits per heavy atom. The molecule has 1 aromatic heterocycles. The summed E-state index contributed by atoms with van der Waals surface area (Å²) >= 11 is 0. The molecule has 4 saturated heterocycles. The van der Waals surface area contributed by atoms with E-state index in [2.05, 4.69) is 47.3 Å². The molecule has 6 nitrogen and oxygen atoms in total. The highest BCUT2D eigenvalue weighted by Crippen LogP contribution is 2.37. The Labute approximate surface area is 169 Å². The number of rotatable bonds is 4. The lowest BCUT2D eigenvalue weighted by molar-refractivity contribution is 0.000891. The predicted octanol–water partition coefficient (Wildman–Crippen LogP) is 2.32. The molecule has 0 aliphatic carbocycles. The van der Waals surface area contributed by atoms with E-state index in [4.69, 9.17) is 9.97 Å². The van der Waals surface area contributed by atoms with Gasteiger partial charge in [0.2, 0.25) is 0 Å². The molecule has 2 atom stereocenters. The fourth-order valence-electron chi connectivity index (χ4n) is 5.86. The highest BCUT2D eigenvalue weighted by atomic mass is 15.4. The normalized spacial score (nSPS) is 32.4. The molecule has 28 heavy (non-hydrogen) atoms. The molecule has 0 amide bonds. The summed E-state index contributed by atoms with van der Waals surface area (Å²) in [6.45, 7) is 18.8. The number of hydrogen-bond donors (Lipinski definition) is 0. The van der Waals surface area contributed by atoms with Crippen molar-refractivity contribution in [1.29, 1.82) is 0 Å². The SMILES string of the molecule is CC1(C)CN(C2CCN(c3nccnc3N3CCC(N4CC(C)(C)C4)C3)C2)C1. The first-order valence-electron chi connectivity index (χ1n) is 11.1. The van der Waals surface area contributed by atoms with Crippen LogP contribution in [0.3, 0.4) is 0 Å². The summed E-state index contributed by atoms with van der Waals surface area (Å²) < 4.78 is 0. The van der Waals surface area contributed by atoms with E-state index in [0.29, 0.717) is 22.9 Å². The van der Waals surface area contributed by atoms with Gasteiger partial charge in [0.1, 0.15) is 0 Å². The van der Waals surface area contributed by atoms with Crippen LogP contribution in [0.15, 0.2) is 12.4 Å². The van der Waals surface area contributed by atoms with E-state index in [0.717, 1.165) is 37.8 Å². The summed E-state index contributed by atoms with van der Waals surface area (Å²) in [5.41, 5.74) is 1.00. The van der Waals surface area contributed by atoms with E-state index in [1.54, 1.807) is 0 Å². The van der Waals surface area contributed by atoms with E-state index < -0.39 is 0 Å². The van der Waals surface area contributed by atoms with Crippen LogP contribution in [0.2, 0.25) is 0 Å². The van der Waals surface area contributed by atoms with Gasteiger partial charge in [0.25, 0.3) is 0 Å². The van der Waals surface area contributed by atoms with Crippen LogP contribution in [0.4, 0.5) is 11.6 Å². The molecule has 4 aliphatic heterocycles. The van der Waals surface area contributed by atoms with Crippen LogP contribution in [0, 0.1) is 10.8 Å². The number of likely N-dealkylation sites (tertiary alicyclic amines) is 2. The fraction of sp³-hybridized carbons (Fsp3) is 0.818. The topological polar surface area (TPSA) is 38.7 Å². The minimum absolute atomic E-state index is 0.501. The number of nitrogens with zero attached hydrogens (tertiary/aromatic N) is 6. The third-order valence-electron chi connectivity index (χ3n) is 7.14. The molecule has 0 aromatic carbocycles. The second kappa shape index (κ2) is 6.56. The van der Waals surface area contributed by atoms with Crippen molar-refractivity contribution >= 4 is 11.6 Å². The van der Waals surface area contributed by atoms with Gasteiger partial charge in [0.05, 0.1) is 0 Å². The van der Waals surface area contributed by atoms with Gasteiger partial charge in [-0.1, -0.05) is 27.7 Å². The van der Waals surface area contributed by atoms with Gasteiger partial charge >= 0.3 is 0 Å². The molecular formula is C22H36N6. The molecule has 5 rings (SSSR count). The molecule has 1 aromatic rings. The number of anilines is 2. The third-order valence-corrected chi connectivity index (χ3v) is 7.14. The smallest absolute Gasteiger partial charge is 0.172 e. The van der Waals surface area contributed by atoms with E-state index in [1.807, 2.05) is 12.4 Å². The molecule has 2 unspecified atom stereocenters. The molecule has 4 fully saturated rings. The lowest BCUT2D eigenvalue weighted by Crippen LogP contribution is -2.57. The van der Waals surface area contributed by atoms with Gasteiger partial charge in [-0.3, -0.25) is 9.80 Å². The third kappa shape index (κ3) is 3.39. The van der Waals surface area contributed by atoms with Crippen LogP contribution in [0.1, 0.15) is 40.5 Å². The van der Waals surface area contributed by atoms with Crippen molar-refractivity contribution in [3.63, 3.8) is 0 Å². The Balaban J connectivity index is 1.24. The zero-order chi connectivity index (χ0) is 19.5. The van der Waals surface area contributed by atoms with Gasteiger partial charge in [-0.2, -0.15) is 0 Å². The van der Waals surface area contributed by atoms with Gasteiger partial charge in [-0.25, -0.2) is 9.97 Å². The Morgan fingerprint density at radius 1 is 0.714 bits per heavy atom. The van der Waals surface area contributed by atoms with E-state index in [-0.39, 0.29) is 0 Å². The first-order valence-corrected chi connectivity index (χ1v) is 11.1. The molecule has 5 heterocycles. The summed E-state index contributed by atoms with van der Waals surface area (Å²) in [5, 5.41) is 0. The van der Waals surface area contributed by atoms with Gasteiger partial charge in [-0.15, -0.1) is 0 Å². The van der Waals surface area contributed by atoms with Gasteiger partial charge in [-0.05, 0) is 23.7 Å². The summed E-state index contributed by atoms with van der Waals surface area (Å²) in [6, 6.07) is 1.36. The van der Waals surface area contributed by atoms with Crippen LogP contribution in [0.25, 0.3) is 0 Å². The molecule has 0 bridgehead atoms. The Hall–Kier alpha value is -1.40. The average Bonchev–Trinajstić information content (AvgIpc) is 3.27. The van der Waals surface area contributed by atoms with Crippen molar-refractivity contribution in [3.05, 3.63) is 12.4 Å². The molecule has 0 spiro atoms. The van der Waals surface area contributed by atoms with Crippen LogP contribution < -0.4 is 9.80 Å². The van der Waals surface area contributed by atoms with Gasteiger partial charge in [0, 0.05) is 76.8 Å². The molecule has 6 heteroatoms. The lowest BCUT2D eigenvalue weighted by atomic mass is 9.83. The average molecular weight is 385 g/mol. The van der Waals surface area contributed by atoms with Crippen molar-refractivity contribution in [2.45, 2.75) is 52.6 Å². The maximum atomic E-state index is 4.79. The zero-order valence-electron chi connectivity index (χ0n) is 18.1. The monoisotopic (exact) mass is 384 g/mol. The second-order valence-corrected chi connectivity index (χ2v) is 11.1. The van der Waals surface area contributed by atoms with Gasteiger partial charge in [0.15, 0.2) is 11.6 Å². The van der Waals surface area contributed by atoms with E-state index in [9.17, 15) is 0 Å². The van der Waals surface area contributed by atoms with E-state index in [1.165, 1.54) is 39.0 Å². The maximum absolute atomic E-state index is 4.79.